The SMILES string of the molecule is Brc1ccn2nc(I)nc2c1. The van der Waals surface area contributed by atoms with Crippen LogP contribution in [0.1, 0.15) is 0 Å². The van der Waals surface area contributed by atoms with Crippen molar-refractivity contribution in [2.45, 2.75) is 0 Å². The van der Waals surface area contributed by atoms with Gasteiger partial charge in [0, 0.05) is 33.3 Å². The molecule has 0 aromatic carbocycles. The Hall–Kier alpha value is -0.170. The molecule has 0 aliphatic carbocycles. The first kappa shape index (κ1) is 7.48. The molecule has 2 heterocycles. The average molecular weight is 324 g/mol. The summed E-state index contributed by atoms with van der Waals surface area (Å²) in [7, 11) is 0. The van der Waals surface area contributed by atoms with Crippen molar-refractivity contribution in [3.63, 3.8) is 0 Å². The molecule has 0 fully saturated rings. The molecule has 0 bridgehead atoms. The van der Waals surface area contributed by atoms with Crippen LogP contribution in [0.5, 0.6) is 0 Å². The number of pyridine rings is 1. The van der Waals surface area contributed by atoms with Crippen molar-refractivity contribution in [1.82, 2.24) is 14.6 Å². The molecule has 5 heteroatoms. The molecule has 11 heavy (non-hydrogen) atoms. The van der Waals surface area contributed by atoms with Crippen molar-refractivity contribution in [1.29, 1.82) is 0 Å². The summed E-state index contributed by atoms with van der Waals surface area (Å²) < 4.78 is 3.53. The lowest BCUT2D eigenvalue weighted by atomic mass is 10.5. The van der Waals surface area contributed by atoms with E-state index in [1.807, 2.05) is 18.3 Å². The van der Waals surface area contributed by atoms with E-state index in [0.717, 1.165) is 14.0 Å². The molecule has 3 nitrogen and oxygen atoms in total. The molecule has 0 aliphatic heterocycles. The zero-order valence-corrected chi connectivity index (χ0v) is 9.07. The van der Waals surface area contributed by atoms with Crippen LogP contribution in [0, 0.1) is 3.83 Å². The maximum absolute atomic E-state index is 4.18. The molecular weight excluding hydrogens is 321 g/mol. The Labute approximate surface area is 85.1 Å². The number of hydrogen-bond acceptors (Lipinski definition) is 2. The van der Waals surface area contributed by atoms with Crippen LogP contribution in [0.25, 0.3) is 5.65 Å². The number of nitrogens with zero attached hydrogens (tertiary/aromatic N) is 3. The number of aromatic nitrogens is 3. The third kappa shape index (κ3) is 1.39. The minimum Gasteiger partial charge on any atom is -0.220 e. The number of hydrogen-bond donors (Lipinski definition) is 0. The Balaban J connectivity index is 2.82. The fourth-order valence-corrected chi connectivity index (χ4v) is 1.63. The van der Waals surface area contributed by atoms with Crippen molar-refractivity contribution >= 4 is 44.2 Å². The first-order valence-electron chi connectivity index (χ1n) is 2.93. The Morgan fingerprint density at radius 2 is 2.36 bits per heavy atom. The van der Waals surface area contributed by atoms with E-state index in [4.69, 9.17) is 0 Å². The standard InChI is InChI=1S/C6H3BrIN3/c7-4-1-2-11-5(3-4)9-6(8)10-11/h1-3H. The van der Waals surface area contributed by atoms with Gasteiger partial charge in [-0.15, -0.1) is 5.10 Å². The Bertz CT molecular complexity index is 398. The molecule has 0 radical (unpaired) electrons. The molecule has 2 aromatic rings. The maximum Gasteiger partial charge on any atom is 0.212 e. The first-order chi connectivity index (χ1) is 5.25. The third-order valence-electron chi connectivity index (χ3n) is 1.27. The van der Waals surface area contributed by atoms with Crippen molar-refractivity contribution in [3.8, 4) is 0 Å². The molecule has 2 rings (SSSR count). The van der Waals surface area contributed by atoms with Crippen LogP contribution in [0.4, 0.5) is 0 Å². The van der Waals surface area contributed by atoms with Crippen LogP contribution in [0.3, 0.4) is 0 Å². The number of fused-ring (bicyclic) bond motifs is 1. The lowest BCUT2D eigenvalue weighted by molar-refractivity contribution is 0.942. The molecule has 0 aliphatic rings. The lowest BCUT2D eigenvalue weighted by Crippen LogP contribution is -1.84. The van der Waals surface area contributed by atoms with Crippen molar-refractivity contribution in [2.24, 2.45) is 0 Å². The van der Waals surface area contributed by atoms with Crippen molar-refractivity contribution in [3.05, 3.63) is 26.6 Å². The van der Waals surface area contributed by atoms with E-state index in [2.05, 4.69) is 48.6 Å². The summed E-state index contributed by atoms with van der Waals surface area (Å²) in [6.45, 7) is 0. The molecule has 0 N–H and O–H groups in total. The topological polar surface area (TPSA) is 30.2 Å². The van der Waals surface area contributed by atoms with Crippen LogP contribution in [-0.4, -0.2) is 14.6 Å². The van der Waals surface area contributed by atoms with Gasteiger partial charge in [-0.25, -0.2) is 9.50 Å². The zero-order valence-electron chi connectivity index (χ0n) is 5.33. The third-order valence-corrected chi connectivity index (χ3v) is 2.22. The van der Waals surface area contributed by atoms with Crippen LogP contribution >= 0.6 is 38.5 Å². The summed E-state index contributed by atoms with van der Waals surface area (Å²) in [5.41, 5.74) is 0.865. The normalized spacial score (nSPS) is 10.7. The summed E-state index contributed by atoms with van der Waals surface area (Å²) >= 11 is 5.44. The predicted octanol–water partition coefficient (Wildman–Crippen LogP) is 2.10. The number of halogens is 2. The molecule has 0 atom stereocenters. The molecule has 2 aromatic heterocycles. The quantitative estimate of drug-likeness (QED) is 0.695. The van der Waals surface area contributed by atoms with Gasteiger partial charge in [-0.3, -0.25) is 0 Å². The molecule has 0 unspecified atom stereocenters. The van der Waals surface area contributed by atoms with E-state index < -0.39 is 0 Å². The van der Waals surface area contributed by atoms with Gasteiger partial charge in [0.2, 0.25) is 3.83 Å². The summed E-state index contributed by atoms with van der Waals surface area (Å²) in [5, 5.41) is 4.13. The summed E-state index contributed by atoms with van der Waals surface area (Å²) in [6.07, 6.45) is 1.87. The van der Waals surface area contributed by atoms with E-state index in [1.165, 1.54) is 0 Å². The van der Waals surface area contributed by atoms with Crippen molar-refractivity contribution in [2.75, 3.05) is 0 Å². The second-order valence-corrected chi connectivity index (χ2v) is 3.91. The molecular formula is C6H3BrIN3. The second-order valence-electron chi connectivity index (χ2n) is 2.03. The largest absolute Gasteiger partial charge is 0.220 e. The van der Waals surface area contributed by atoms with E-state index in [0.29, 0.717) is 0 Å². The van der Waals surface area contributed by atoms with Gasteiger partial charge in [0.1, 0.15) is 0 Å². The van der Waals surface area contributed by atoms with Gasteiger partial charge < -0.3 is 0 Å². The highest BCUT2D eigenvalue weighted by atomic mass is 127. The zero-order chi connectivity index (χ0) is 7.84. The minimum atomic E-state index is 0.765. The van der Waals surface area contributed by atoms with Gasteiger partial charge in [-0.1, -0.05) is 15.9 Å². The Kier molecular flexibility index (Phi) is 1.84. The predicted molar refractivity (Wildman–Crippen MR) is 53.4 cm³/mol. The minimum absolute atomic E-state index is 0.765. The fraction of sp³-hybridized carbons (Fsp3) is 0. The van der Waals surface area contributed by atoms with Gasteiger partial charge in [-0.05, 0) is 12.1 Å². The number of rotatable bonds is 0. The molecule has 0 saturated carbocycles. The Morgan fingerprint density at radius 1 is 1.55 bits per heavy atom. The van der Waals surface area contributed by atoms with Gasteiger partial charge >= 0.3 is 0 Å². The summed E-state index contributed by atoms with van der Waals surface area (Å²) in [6, 6.07) is 3.85. The molecule has 0 amide bonds. The highest BCUT2D eigenvalue weighted by molar-refractivity contribution is 14.1. The van der Waals surface area contributed by atoms with E-state index in [9.17, 15) is 0 Å². The van der Waals surface area contributed by atoms with Gasteiger partial charge in [0.25, 0.3) is 0 Å². The van der Waals surface area contributed by atoms with Crippen LogP contribution in [0.2, 0.25) is 0 Å². The molecule has 0 spiro atoms. The Morgan fingerprint density at radius 3 is 3.18 bits per heavy atom. The van der Waals surface area contributed by atoms with Gasteiger partial charge in [0.05, 0.1) is 0 Å². The van der Waals surface area contributed by atoms with Crippen LogP contribution < -0.4 is 0 Å². The highest BCUT2D eigenvalue weighted by Gasteiger charge is 1.98. The average Bonchev–Trinajstić information content (AvgIpc) is 2.27. The van der Waals surface area contributed by atoms with Crippen molar-refractivity contribution < 1.29 is 0 Å². The molecule has 56 valence electrons. The first-order valence-corrected chi connectivity index (χ1v) is 4.80. The highest BCUT2D eigenvalue weighted by Crippen LogP contribution is 2.11. The van der Waals surface area contributed by atoms with Crippen LogP contribution in [-0.2, 0) is 0 Å². The van der Waals surface area contributed by atoms with Gasteiger partial charge in [-0.2, -0.15) is 0 Å². The van der Waals surface area contributed by atoms with Gasteiger partial charge in [0.15, 0.2) is 5.65 Å². The van der Waals surface area contributed by atoms with Crippen LogP contribution in [0.15, 0.2) is 22.8 Å². The smallest absolute Gasteiger partial charge is 0.212 e. The van der Waals surface area contributed by atoms with E-state index in [1.54, 1.807) is 4.52 Å². The summed E-state index contributed by atoms with van der Waals surface area (Å²) in [5.74, 6) is 0. The summed E-state index contributed by atoms with van der Waals surface area (Å²) in [4.78, 5) is 4.18. The van der Waals surface area contributed by atoms with E-state index >= 15 is 0 Å². The van der Waals surface area contributed by atoms with E-state index in [-0.39, 0.29) is 0 Å². The monoisotopic (exact) mass is 323 g/mol. The lowest BCUT2D eigenvalue weighted by Gasteiger charge is -1.89. The molecule has 0 saturated heterocycles. The fourth-order valence-electron chi connectivity index (χ4n) is 0.830. The maximum atomic E-state index is 4.18. The second kappa shape index (κ2) is 2.71.